The maximum Gasteiger partial charge on any atom is 0.320 e. The minimum atomic E-state index is -0.909. The zero-order valence-electron chi connectivity index (χ0n) is 9.90. The Kier molecular flexibility index (Phi) is 6.76. The first-order valence-corrected chi connectivity index (χ1v) is 5.04. The summed E-state index contributed by atoms with van der Waals surface area (Å²) in [6, 6.07) is 0. The largest absolute Gasteiger partial charge is 0.465 e. The van der Waals surface area contributed by atoms with Crippen LogP contribution < -0.4 is 0 Å². The molecule has 1 atom stereocenters. The first kappa shape index (κ1) is 14.3. The Morgan fingerprint density at radius 2 is 2.19 bits per heavy atom. The van der Waals surface area contributed by atoms with Crippen molar-refractivity contribution in [3.63, 3.8) is 0 Å². The van der Waals surface area contributed by atoms with Crippen LogP contribution in [0.15, 0.2) is 28.9 Å². The second-order valence-corrected chi connectivity index (χ2v) is 3.15. The molecule has 0 saturated carbocycles. The van der Waals surface area contributed by atoms with Crippen molar-refractivity contribution in [3.8, 4) is 0 Å². The van der Waals surface area contributed by atoms with Crippen LogP contribution in [0, 0.1) is 5.92 Å². The molecule has 0 bridgehead atoms. The number of carbonyl (C=O) groups is 2. The molecule has 0 aliphatic carbocycles. The van der Waals surface area contributed by atoms with Gasteiger partial charge in [0.15, 0.2) is 0 Å². The molecule has 0 spiro atoms. The standard InChI is InChI=1S/C12H17NO3/c1-5-10(7-13-9(3)4)11(8-14)12(15)16-6-2/h5,7-8,11H,3,6H2,1-2,4H3/b10-5+,13-7?. The highest BCUT2D eigenvalue weighted by Crippen LogP contribution is 2.09. The maximum absolute atomic E-state index is 11.4. The lowest BCUT2D eigenvalue weighted by Gasteiger charge is -2.09. The monoisotopic (exact) mass is 223 g/mol. The normalized spacial score (nSPS) is 13.6. The van der Waals surface area contributed by atoms with E-state index in [2.05, 4.69) is 11.6 Å². The fraction of sp³-hybridized carbons (Fsp3) is 0.417. The Hall–Kier alpha value is -1.71. The Bertz CT molecular complexity index is 329. The van der Waals surface area contributed by atoms with E-state index in [1.54, 1.807) is 26.8 Å². The highest BCUT2D eigenvalue weighted by molar-refractivity contribution is 5.99. The zero-order chi connectivity index (χ0) is 12.6. The molecule has 0 heterocycles. The molecule has 1 unspecified atom stereocenters. The number of hydrogen-bond acceptors (Lipinski definition) is 4. The molecule has 0 aromatic heterocycles. The summed E-state index contributed by atoms with van der Waals surface area (Å²) >= 11 is 0. The average molecular weight is 223 g/mol. The second-order valence-electron chi connectivity index (χ2n) is 3.15. The van der Waals surface area contributed by atoms with Crippen LogP contribution in [0.25, 0.3) is 0 Å². The van der Waals surface area contributed by atoms with Gasteiger partial charge in [-0.25, -0.2) is 0 Å². The van der Waals surface area contributed by atoms with Gasteiger partial charge in [0.2, 0.25) is 0 Å². The molecule has 16 heavy (non-hydrogen) atoms. The van der Waals surface area contributed by atoms with E-state index in [0.717, 1.165) is 0 Å². The third kappa shape index (κ3) is 4.68. The van der Waals surface area contributed by atoms with Gasteiger partial charge in [-0.3, -0.25) is 9.79 Å². The van der Waals surface area contributed by atoms with Crippen molar-refractivity contribution in [1.82, 2.24) is 0 Å². The number of hydrogen-bond donors (Lipinski definition) is 0. The van der Waals surface area contributed by atoms with Crippen LogP contribution in [0.4, 0.5) is 0 Å². The third-order valence-electron chi connectivity index (χ3n) is 1.80. The van der Waals surface area contributed by atoms with E-state index in [0.29, 0.717) is 17.6 Å². The summed E-state index contributed by atoms with van der Waals surface area (Å²) in [7, 11) is 0. The SMILES string of the molecule is C=C(C)N=C/C(=C\C)C(C=O)C(=O)OCC. The predicted octanol–water partition coefficient (Wildman–Crippen LogP) is 1.92. The number of rotatable bonds is 6. The lowest BCUT2D eigenvalue weighted by molar-refractivity contribution is -0.147. The third-order valence-corrected chi connectivity index (χ3v) is 1.80. The lowest BCUT2D eigenvalue weighted by atomic mass is 10.0. The first-order valence-electron chi connectivity index (χ1n) is 5.04. The summed E-state index contributed by atoms with van der Waals surface area (Å²) in [6.07, 6.45) is 3.67. The fourth-order valence-corrected chi connectivity index (χ4v) is 1.02. The van der Waals surface area contributed by atoms with E-state index >= 15 is 0 Å². The first-order chi connectivity index (χ1) is 7.56. The molecular formula is C12H17NO3. The summed E-state index contributed by atoms with van der Waals surface area (Å²) in [5, 5.41) is 0. The minimum absolute atomic E-state index is 0.248. The van der Waals surface area contributed by atoms with Gasteiger partial charge in [0.05, 0.1) is 6.61 Å². The van der Waals surface area contributed by atoms with E-state index < -0.39 is 11.9 Å². The van der Waals surface area contributed by atoms with Crippen LogP contribution in [0.2, 0.25) is 0 Å². The number of ether oxygens (including phenoxy) is 1. The van der Waals surface area contributed by atoms with Crippen molar-refractivity contribution in [1.29, 1.82) is 0 Å². The predicted molar refractivity (Wildman–Crippen MR) is 63.3 cm³/mol. The van der Waals surface area contributed by atoms with Crippen molar-refractivity contribution in [2.24, 2.45) is 10.9 Å². The number of aldehydes is 1. The molecule has 0 aliphatic rings. The van der Waals surface area contributed by atoms with Gasteiger partial charge in [-0.05, 0) is 26.3 Å². The minimum Gasteiger partial charge on any atom is -0.465 e. The highest BCUT2D eigenvalue weighted by Gasteiger charge is 2.21. The van der Waals surface area contributed by atoms with Crippen molar-refractivity contribution >= 4 is 18.5 Å². The molecule has 0 radical (unpaired) electrons. The molecule has 0 aliphatic heterocycles. The number of carbonyl (C=O) groups excluding carboxylic acids is 2. The van der Waals surface area contributed by atoms with E-state index in [1.165, 1.54) is 6.21 Å². The number of esters is 1. The zero-order valence-corrected chi connectivity index (χ0v) is 9.90. The molecule has 0 rings (SSSR count). The lowest BCUT2D eigenvalue weighted by Crippen LogP contribution is -2.21. The van der Waals surface area contributed by atoms with Gasteiger partial charge in [0.1, 0.15) is 12.2 Å². The van der Waals surface area contributed by atoms with E-state index in [-0.39, 0.29) is 6.61 Å². The van der Waals surface area contributed by atoms with Gasteiger partial charge in [-0.2, -0.15) is 0 Å². The molecule has 0 aromatic carbocycles. The van der Waals surface area contributed by atoms with Crippen molar-refractivity contribution in [2.45, 2.75) is 20.8 Å². The number of allylic oxidation sites excluding steroid dienone is 2. The Balaban J connectivity index is 4.84. The fourth-order valence-electron chi connectivity index (χ4n) is 1.02. The summed E-state index contributed by atoms with van der Waals surface area (Å²) in [6.45, 7) is 9.00. The van der Waals surface area contributed by atoms with Crippen LogP contribution in [0.3, 0.4) is 0 Å². The van der Waals surface area contributed by atoms with Crippen molar-refractivity contribution in [2.75, 3.05) is 6.61 Å². The van der Waals surface area contributed by atoms with E-state index in [1.807, 2.05) is 0 Å². The van der Waals surface area contributed by atoms with Gasteiger partial charge in [-0.15, -0.1) is 0 Å². The topological polar surface area (TPSA) is 55.7 Å². The molecule has 88 valence electrons. The van der Waals surface area contributed by atoms with Crippen molar-refractivity contribution < 1.29 is 14.3 Å². The van der Waals surface area contributed by atoms with Gasteiger partial charge in [-0.1, -0.05) is 12.7 Å². The molecule has 4 nitrogen and oxygen atoms in total. The quantitative estimate of drug-likeness (QED) is 0.299. The Morgan fingerprint density at radius 3 is 2.56 bits per heavy atom. The van der Waals surface area contributed by atoms with Gasteiger partial charge < -0.3 is 9.53 Å². The molecule has 0 fully saturated rings. The van der Waals surface area contributed by atoms with Crippen LogP contribution in [-0.4, -0.2) is 25.1 Å². The average Bonchev–Trinajstić information content (AvgIpc) is 2.24. The summed E-state index contributed by atoms with van der Waals surface area (Å²) in [4.78, 5) is 26.2. The van der Waals surface area contributed by atoms with Crippen LogP contribution in [0.5, 0.6) is 0 Å². The molecule has 0 aromatic rings. The smallest absolute Gasteiger partial charge is 0.320 e. The van der Waals surface area contributed by atoms with Crippen LogP contribution >= 0.6 is 0 Å². The molecule has 0 saturated heterocycles. The van der Waals surface area contributed by atoms with E-state index in [4.69, 9.17) is 4.74 Å². The van der Waals surface area contributed by atoms with Gasteiger partial charge >= 0.3 is 5.97 Å². The number of nitrogens with zero attached hydrogens (tertiary/aromatic N) is 1. The van der Waals surface area contributed by atoms with Crippen LogP contribution in [-0.2, 0) is 14.3 Å². The summed E-state index contributed by atoms with van der Waals surface area (Å²) in [5.41, 5.74) is 1.12. The molecule has 0 amide bonds. The molecular weight excluding hydrogens is 206 g/mol. The summed E-state index contributed by atoms with van der Waals surface area (Å²) < 4.78 is 4.79. The van der Waals surface area contributed by atoms with Crippen molar-refractivity contribution in [3.05, 3.63) is 23.9 Å². The van der Waals surface area contributed by atoms with Crippen LogP contribution in [0.1, 0.15) is 20.8 Å². The van der Waals surface area contributed by atoms with E-state index in [9.17, 15) is 9.59 Å². The van der Waals surface area contributed by atoms with Gasteiger partial charge in [0.25, 0.3) is 0 Å². The Morgan fingerprint density at radius 1 is 1.56 bits per heavy atom. The highest BCUT2D eigenvalue weighted by atomic mass is 16.5. The second kappa shape index (κ2) is 7.56. The number of aliphatic imine (C=N–C) groups is 1. The Labute approximate surface area is 95.7 Å². The maximum atomic E-state index is 11.4. The summed E-state index contributed by atoms with van der Waals surface area (Å²) in [5.74, 6) is -1.47. The molecule has 0 N–H and O–H groups in total. The van der Waals surface area contributed by atoms with Gasteiger partial charge in [0, 0.05) is 11.9 Å². The molecule has 4 heteroatoms.